The summed E-state index contributed by atoms with van der Waals surface area (Å²) in [7, 11) is 0. The maximum absolute atomic E-state index is 11.9. The second-order valence-corrected chi connectivity index (χ2v) is 6.47. The molecule has 3 heteroatoms. The second kappa shape index (κ2) is 12.2. The van der Waals surface area contributed by atoms with Crippen LogP contribution in [-0.4, -0.2) is 24.5 Å². The van der Waals surface area contributed by atoms with Gasteiger partial charge in [0.15, 0.2) is 0 Å². The number of rotatable bonds is 12. The number of unbranched alkanes of at least 4 members (excludes halogenated alkanes) is 3. The molecule has 0 saturated carbocycles. The van der Waals surface area contributed by atoms with Crippen molar-refractivity contribution in [1.82, 2.24) is 10.6 Å². The first-order valence-corrected chi connectivity index (χ1v) is 8.51. The average Bonchev–Trinajstić information content (AvgIpc) is 2.37. The Bertz CT molecular complexity index is 241. The van der Waals surface area contributed by atoms with Gasteiger partial charge in [0.1, 0.15) is 0 Å². The Labute approximate surface area is 126 Å². The highest BCUT2D eigenvalue weighted by molar-refractivity contribution is 5.81. The molecule has 0 aliphatic rings. The quantitative estimate of drug-likeness (QED) is 0.534. The van der Waals surface area contributed by atoms with Crippen molar-refractivity contribution in [3.8, 4) is 0 Å². The molecule has 0 aliphatic carbocycles. The van der Waals surface area contributed by atoms with Crippen molar-refractivity contribution < 1.29 is 4.79 Å². The lowest BCUT2D eigenvalue weighted by Crippen LogP contribution is -2.45. The fourth-order valence-electron chi connectivity index (χ4n) is 2.32. The highest BCUT2D eigenvalue weighted by Crippen LogP contribution is 2.09. The van der Waals surface area contributed by atoms with Crippen LogP contribution < -0.4 is 10.6 Å². The first kappa shape index (κ1) is 19.4. The molecule has 0 bridgehead atoms. The Morgan fingerprint density at radius 3 is 2.20 bits per heavy atom. The zero-order chi connectivity index (χ0) is 15.4. The molecule has 0 spiro atoms. The highest BCUT2D eigenvalue weighted by atomic mass is 16.2. The van der Waals surface area contributed by atoms with Crippen LogP contribution in [0.4, 0.5) is 0 Å². The predicted octanol–water partition coefficient (Wildman–Crippen LogP) is 3.88. The predicted molar refractivity (Wildman–Crippen MR) is 87.9 cm³/mol. The first-order valence-electron chi connectivity index (χ1n) is 8.51. The first-order chi connectivity index (χ1) is 9.47. The Hall–Kier alpha value is -0.570. The van der Waals surface area contributed by atoms with Gasteiger partial charge in [0, 0.05) is 6.04 Å². The lowest BCUT2D eigenvalue weighted by Gasteiger charge is -2.18. The third kappa shape index (κ3) is 11.3. The van der Waals surface area contributed by atoms with Crippen molar-refractivity contribution in [2.75, 3.05) is 6.54 Å². The van der Waals surface area contributed by atoms with Crippen molar-refractivity contribution >= 4 is 5.91 Å². The average molecular weight is 284 g/mol. The van der Waals surface area contributed by atoms with E-state index in [-0.39, 0.29) is 18.0 Å². The summed E-state index contributed by atoms with van der Waals surface area (Å²) in [4.78, 5) is 11.9. The van der Waals surface area contributed by atoms with Gasteiger partial charge >= 0.3 is 0 Å². The van der Waals surface area contributed by atoms with Crippen molar-refractivity contribution in [3.63, 3.8) is 0 Å². The molecule has 0 heterocycles. The molecule has 0 fully saturated rings. The van der Waals surface area contributed by atoms with Gasteiger partial charge in [-0.15, -0.1) is 0 Å². The van der Waals surface area contributed by atoms with Crippen LogP contribution in [0, 0.1) is 5.92 Å². The van der Waals surface area contributed by atoms with Crippen molar-refractivity contribution in [1.29, 1.82) is 0 Å². The van der Waals surface area contributed by atoms with Gasteiger partial charge in [0.25, 0.3) is 0 Å². The molecule has 3 nitrogen and oxygen atoms in total. The van der Waals surface area contributed by atoms with Crippen molar-refractivity contribution in [3.05, 3.63) is 0 Å². The van der Waals surface area contributed by atoms with Crippen molar-refractivity contribution in [2.24, 2.45) is 5.92 Å². The lowest BCUT2D eigenvalue weighted by atomic mass is 10.0. The van der Waals surface area contributed by atoms with Crippen LogP contribution in [0.25, 0.3) is 0 Å². The number of carbonyl (C=O) groups is 1. The van der Waals surface area contributed by atoms with Gasteiger partial charge in [0.05, 0.1) is 6.04 Å². The van der Waals surface area contributed by atoms with Gasteiger partial charge in [0.2, 0.25) is 5.91 Å². The fourth-order valence-corrected chi connectivity index (χ4v) is 2.32. The summed E-state index contributed by atoms with van der Waals surface area (Å²) in [5.74, 6) is 0.952. The summed E-state index contributed by atoms with van der Waals surface area (Å²) in [6.07, 6.45) is 8.58. The molecule has 20 heavy (non-hydrogen) atoms. The summed E-state index contributed by atoms with van der Waals surface area (Å²) in [6, 6.07) is 0.206. The molecule has 2 N–H and O–H groups in total. The largest absolute Gasteiger partial charge is 0.352 e. The molecule has 0 saturated heterocycles. The van der Waals surface area contributed by atoms with E-state index in [0.717, 1.165) is 25.3 Å². The molecule has 0 aromatic rings. The minimum Gasteiger partial charge on any atom is -0.352 e. The van der Waals surface area contributed by atoms with E-state index in [1.165, 1.54) is 32.1 Å². The van der Waals surface area contributed by atoms with Crippen LogP contribution in [0.3, 0.4) is 0 Å². The monoisotopic (exact) mass is 284 g/mol. The van der Waals surface area contributed by atoms with Crippen LogP contribution in [0.2, 0.25) is 0 Å². The lowest BCUT2D eigenvalue weighted by molar-refractivity contribution is -0.123. The normalized spacial score (nSPS) is 14.3. The van der Waals surface area contributed by atoms with Crippen molar-refractivity contribution in [2.45, 2.75) is 91.6 Å². The van der Waals surface area contributed by atoms with E-state index in [0.29, 0.717) is 0 Å². The van der Waals surface area contributed by atoms with Crippen LogP contribution in [0.15, 0.2) is 0 Å². The number of amides is 1. The van der Waals surface area contributed by atoms with E-state index >= 15 is 0 Å². The van der Waals surface area contributed by atoms with Crippen LogP contribution in [0.1, 0.15) is 79.6 Å². The Morgan fingerprint density at radius 1 is 0.950 bits per heavy atom. The van der Waals surface area contributed by atoms with E-state index in [1.807, 2.05) is 6.92 Å². The summed E-state index contributed by atoms with van der Waals surface area (Å²) >= 11 is 0. The molecular formula is C17H36N2O. The molecular weight excluding hydrogens is 248 g/mol. The molecule has 1 amide bonds. The second-order valence-electron chi connectivity index (χ2n) is 6.47. The fraction of sp³-hybridized carbons (Fsp3) is 0.941. The maximum Gasteiger partial charge on any atom is 0.237 e. The van der Waals surface area contributed by atoms with E-state index in [4.69, 9.17) is 0 Å². The van der Waals surface area contributed by atoms with E-state index in [2.05, 4.69) is 38.3 Å². The van der Waals surface area contributed by atoms with Gasteiger partial charge in [-0.1, -0.05) is 52.9 Å². The van der Waals surface area contributed by atoms with Gasteiger partial charge < -0.3 is 10.6 Å². The number of hydrogen-bond donors (Lipinski definition) is 2. The number of hydrogen-bond acceptors (Lipinski definition) is 2. The van der Waals surface area contributed by atoms with E-state index in [1.54, 1.807) is 0 Å². The number of carbonyl (C=O) groups excluding carboxylic acids is 1. The molecule has 0 aliphatic heterocycles. The van der Waals surface area contributed by atoms with Gasteiger partial charge in [-0.3, -0.25) is 4.79 Å². The Morgan fingerprint density at radius 2 is 1.60 bits per heavy atom. The molecule has 0 aromatic carbocycles. The zero-order valence-electron chi connectivity index (χ0n) is 14.3. The van der Waals surface area contributed by atoms with Crippen LogP contribution in [-0.2, 0) is 4.79 Å². The zero-order valence-corrected chi connectivity index (χ0v) is 14.3. The van der Waals surface area contributed by atoms with Gasteiger partial charge in [-0.25, -0.2) is 0 Å². The minimum absolute atomic E-state index is 0.0787. The minimum atomic E-state index is -0.0787. The molecule has 2 atom stereocenters. The summed E-state index contributed by atoms with van der Waals surface area (Å²) in [6.45, 7) is 11.7. The molecule has 0 radical (unpaired) electrons. The van der Waals surface area contributed by atoms with E-state index in [9.17, 15) is 4.79 Å². The molecule has 120 valence electrons. The topological polar surface area (TPSA) is 41.1 Å². The Balaban J connectivity index is 3.52. The smallest absolute Gasteiger partial charge is 0.237 e. The third-order valence-corrected chi connectivity index (χ3v) is 3.66. The summed E-state index contributed by atoms with van der Waals surface area (Å²) in [5.41, 5.74) is 0. The summed E-state index contributed by atoms with van der Waals surface area (Å²) < 4.78 is 0. The SMILES string of the molecule is CCCC(C)NC(=O)C(C)NCCCCCCC(C)C. The summed E-state index contributed by atoms with van der Waals surface area (Å²) in [5, 5.41) is 6.37. The molecule has 0 aromatic heterocycles. The Kier molecular flexibility index (Phi) is 11.8. The number of nitrogens with one attached hydrogen (secondary N) is 2. The maximum atomic E-state index is 11.9. The van der Waals surface area contributed by atoms with Gasteiger partial charge in [-0.05, 0) is 39.2 Å². The van der Waals surface area contributed by atoms with Crippen LogP contribution >= 0.6 is 0 Å². The molecule has 2 unspecified atom stereocenters. The third-order valence-electron chi connectivity index (χ3n) is 3.66. The van der Waals surface area contributed by atoms with Gasteiger partial charge in [-0.2, -0.15) is 0 Å². The standard InChI is InChI=1S/C17H36N2O/c1-6-11-15(4)19-17(20)16(5)18-13-10-8-7-9-12-14(2)3/h14-16,18H,6-13H2,1-5H3,(H,19,20). The highest BCUT2D eigenvalue weighted by Gasteiger charge is 2.13. The molecule has 0 rings (SSSR count). The van der Waals surface area contributed by atoms with E-state index < -0.39 is 0 Å². The van der Waals surface area contributed by atoms with Crippen LogP contribution in [0.5, 0.6) is 0 Å².